The minimum atomic E-state index is -2.30. The van der Waals surface area contributed by atoms with E-state index in [4.69, 9.17) is 18.9 Å². The molecule has 2 aromatic carbocycles. The molecule has 5 aliphatic heterocycles. The van der Waals surface area contributed by atoms with E-state index in [1.165, 1.54) is 21.1 Å². The van der Waals surface area contributed by atoms with Gasteiger partial charge in [0.1, 0.15) is 11.2 Å². The third-order valence-electron chi connectivity index (χ3n) is 15.6. The number of fused-ring (bicyclic) bond motifs is 6. The number of esters is 3. The average molecular weight is 811 g/mol. The number of rotatable bonds is 7. The number of nitrogens with one attached hydrogen (secondary N) is 1. The lowest BCUT2D eigenvalue weighted by Crippen LogP contribution is -2.81. The van der Waals surface area contributed by atoms with Crippen LogP contribution in [0.5, 0.6) is 5.75 Å². The normalized spacial score (nSPS) is 37.0. The summed E-state index contributed by atoms with van der Waals surface area (Å²) in [5.74, 6) is -1.56. The summed E-state index contributed by atoms with van der Waals surface area (Å²) < 4.78 is 23.9. The highest BCUT2D eigenvalue weighted by molar-refractivity contribution is 5.95. The quantitative estimate of drug-likeness (QED) is 0.180. The van der Waals surface area contributed by atoms with Crippen molar-refractivity contribution in [3.63, 3.8) is 0 Å². The molecular weight excluding hydrogens is 753 g/mol. The van der Waals surface area contributed by atoms with E-state index in [1.807, 2.05) is 50.1 Å². The number of aromatic amines is 1. The van der Waals surface area contributed by atoms with Gasteiger partial charge < -0.3 is 39.0 Å². The molecule has 13 nitrogen and oxygen atoms in total. The zero-order valence-corrected chi connectivity index (χ0v) is 35.3. The molecule has 6 aliphatic rings. The first kappa shape index (κ1) is 40.0. The molecule has 1 spiro atoms. The molecule has 1 aliphatic carbocycles. The van der Waals surface area contributed by atoms with Crippen molar-refractivity contribution in [2.45, 2.75) is 99.5 Å². The number of aromatic nitrogens is 1. The van der Waals surface area contributed by atoms with Gasteiger partial charge in [-0.2, -0.15) is 0 Å². The number of H-pyrrole nitrogens is 1. The highest BCUT2D eigenvalue weighted by Crippen LogP contribution is 2.68. The highest BCUT2D eigenvalue weighted by Gasteiger charge is 2.80. The van der Waals surface area contributed by atoms with Gasteiger partial charge in [0.05, 0.1) is 33.0 Å². The van der Waals surface area contributed by atoms with Crippen molar-refractivity contribution in [3.05, 3.63) is 70.9 Å². The molecular formula is C46H58N4O9. The van der Waals surface area contributed by atoms with Crippen molar-refractivity contribution in [1.29, 1.82) is 0 Å². The molecule has 1 aromatic heterocycles. The Morgan fingerprint density at radius 2 is 1.71 bits per heavy atom. The van der Waals surface area contributed by atoms with Crippen molar-refractivity contribution in [3.8, 4) is 5.75 Å². The summed E-state index contributed by atoms with van der Waals surface area (Å²) in [5, 5.41) is 26.3. The number of para-hydroxylation sites is 1. The first-order valence-corrected chi connectivity index (χ1v) is 21.2. The van der Waals surface area contributed by atoms with E-state index in [0.29, 0.717) is 82.6 Å². The van der Waals surface area contributed by atoms with E-state index in [-0.39, 0.29) is 12.0 Å². The Morgan fingerprint density at radius 3 is 2.41 bits per heavy atom. The molecule has 3 fully saturated rings. The Bertz CT molecular complexity index is 2260. The number of piperidine rings is 1. The fourth-order valence-corrected chi connectivity index (χ4v) is 13.5. The number of hydrogen-bond donors (Lipinski definition) is 3. The second-order valence-electron chi connectivity index (χ2n) is 18.2. The van der Waals surface area contributed by atoms with E-state index in [1.54, 1.807) is 7.11 Å². The maximum Gasteiger partial charge on any atom is 0.344 e. The van der Waals surface area contributed by atoms with E-state index in [0.717, 1.165) is 33.4 Å². The summed E-state index contributed by atoms with van der Waals surface area (Å²) in [5.41, 5.74) is -1.62. The summed E-state index contributed by atoms with van der Waals surface area (Å²) in [6.45, 7) is 8.62. The van der Waals surface area contributed by atoms with E-state index in [9.17, 15) is 19.8 Å². The fraction of sp³-hybridized carbons (Fsp3) is 0.587. The Labute approximate surface area is 345 Å². The minimum absolute atomic E-state index is 0.0986. The number of methoxy groups -OCH3 is 3. The molecule has 0 radical (unpaired) electrons. The number of hydrogen-bond acceptors (Lipinski definition) is 12. The molecule has 1 saturated carbocycles. The van der Waals surface area contributed by atoms with Crippen LogP contribution in [0.25, 0.3) is 10.9 Å². The number of anilines is 1. The highest BCUT2D eigenvalue weighted by atomic mass is 16.6. The van der Waals surface area contributed by atoms with Crippen LogP contribution in [0.4, 0.5) is 5.69 Å². The van der Waals surface area contributed by atoms with Crippen LogP contribution < -0.4 is 9.64 Å². The first-order valence-electron chi connectivity index (χ1n) is 21.2. The third-order valence-corrected chi connectivity index (χ3v) is 15.6. The van der Waals surface area contributed by atoms with Gasteiger partial charge in [-0.15, -0.1) is 0 Å². The van der Waals surface area contributed by atoms with E-state index in [2.05, 4.69) is 39.1 Å². The Morgan fingerprint density at radius 1 is 0.949 bits per heavy atom. The number of ether oxygens (including phenoxy) is 4. The standard InChI is InChI=1S/C46H58N4O9/c1-8-42(54)23-28-24-45(40(52)57-6,36-30(15-19-49(25-28)26-42)29-13-10-11-14-33(29)47-36)32-21-31-34(22-35(32)56-5)48(4)38-44(31)17-20-50-18-12-16-43(9-2,37(44)50)39(59-27(3)51)46(38,55)41(53)58-7/h10-14,16,21-22,28,37-39,47,54-55H,8-9,15,17-20,23-26H2,1-7H3/t28-,37?,38?,39-,42+,43-,44-,45+,46+/m0/s1. The Balaban J connectivity index is 1.36. The number of aliphatic hydroxyl groups is 2. The molecule has 2 bridgehead atoms. The van der Waals surface area contributed by atoms with Gasteiger partial charge in [-0.1, -0.05) is 44.2 Å². The average Bonchev–Trinajstić information content (AvgIpc) is 3.90. The van der Waals surface area contributed by atoms with Crippen LogP contribution in [-0.4, -0.2) is 133 Å². The molecule has 9 rings (SSSR count). The molecule has 3 aromatic rings. The number of benzene rings is 2. The monoisotopic (exact) mass is 810 g/mol. The Kier molecular flexibility index (Phi) is 9.36. The van der Waals surface area contributed by atoms with Crippen LogP contribution in [0, 0.1) is 11.3 Å². The number of nitrogens with zero attached hydrogens (tertiary/aromatic N) is 3. The molecule has 10 atom stereocenters. The molecule has 3 unspecified atom stereocenters. The molecule has 316 valence electrons. The largest absolute Gasteiger partial charge is 0.496 e. The summed E-state index contributed by atoms with van der Waals surface area (Å²) in [6.07, 6.45) is 5.94. The zero-order chi connectivity index (χ0) is 41.9. The first-order chi connectivity index (χ1) is 28.2. The number of carbonyl (C=O) groups is 3. The molecule has 13 heteroatoms. The molecule has 0 amide bonds. The summed E-state index contributed by atoms with van der Waals surface area (Å²) in [4.78, 5) is 53.2. The van der Waals surface area contributed by atoms with Crippen molar-refractivity contribution in [1.82, 2.24) is 14.8 Å². The predicted molar refractivity (Wildman–Crippen MR) is 220 cm³/mol. The van der Waals surface area contributed by atoms with Crippen molar-refractivity contribution in [2.75, 3.05) is 66.0 Å². The van der Waals surface area contributed by atoms with Gasteiger partial charge >= 0.3 is 17.9 Å². The van der Waals surface area contributed by atoms with Gasteiger partial charge in [0, 0.05) is 90.9 Å². The van der Waals surface area contributed by atoms with Crippen molar-refractivity contribution in [2.24, 2.45) is 11.3 Å². The van der Waals surface area contributed by atoms with Crippen LogP contribution in [-0.2, 0) is 45.8 Å². The maximum atomic E-state index is 15.3. The Hall–Kier alpha value is -4.43. The molecule has 59 heavy (non-hydrogen) atoms. The van der Waals surface area contributed by atoms with Gasteiger partial charge in [-0.25, -0.2) is 4.79 Å². The lowest BCUT2D eigenvalue weighted by Gasteiger charge is -2.63. The van der Waals surface area contributed by atoms with Crippen LogP contribution in [0.3, 0.4) is 0 Å². The number of carbonyl (C=O) groups excluding carboxylic acids is 3. The van der Waals surface area contributed by atoms with Crippen LogP contribution in [0.1, 0.15) is 75.3 Å². The smallest absolute Gasteiger partial charge is 0.344 e. The SMILES string of the molecule is CC[C@@]1(O)C[C@@H]2CN(CCc3c([nH]c4ccccc34)[C@](C(=O)OC)(c3cc4c(cc3OC)N(C)C3[C@@]45CCN4CC=C[C@@](CC)(C45)[C@H](OC(C)=O)[C@@]3(O)C(=O)OC)C2)C1. The predicted octanol–water partition coefficient (Wildman–Crippen LogP) is 3.99. The fourth-order valence-electron chi connectivity index (χ4n) is 13.5. The van der Waals surface area contributed by atoms with Crippen LogP contribution in [0.2, 0.25) is 0 Å². The van der Waals surface area contributed by atoms with Gasteiger partial charge in [0.2, 0.25) is 5.60 Å². The van der Waals surface area contributed by atoms with Crippen LogP contribution in [0.15, 0.2) is 48.6 Å². The van der Waals surface area contributed by atoms with Gasteiger partial charge in [0.25, 0.3) is 0 Å². The van der Waals surface area contributed by atoms with Crippen molar-refractivity contribution >= 4 is 34.5 Å². The van der Waals surface area contributed by atoms with E-state index < -0.39 is 57.5 Å². The van der Waals surface area contributed by atoms with Crippen LogP contribution >= 0.6 is 0 Å². The van der Waals surface area contributed by atoms with Gasteiger partial charge in [-0.3, -0.25) is 19.4 Å². The lowest BCUT2D eigenvalue weighted by atomic mass is 9.47. The molecule has 2 saturated heterocycles. The molecule has 6 heterocycles. The van der Waals surface area contributed by atoms with Crippen molar-refractivity contribution < 1.29 is 43.5 Å². The minimum Gasteiger partial charge on any atom is -0.496 e. The topological polar surface area (TPSA) is 154 Å². The van der Waals surface area contributed by atoms with E-state index >= 15 is 4.79 Å². The number of likely N-dealkylation sites (N-methyl/N-ethyl adjacent to an activating group) is 1. The summed E-state index contributed by atoms with van der Waals surface area (Å²) >= 11 is 0. The van der Waals surface area contributed by atoms with Gasteiger partial charge in [0.15, 0.2) is 6.10 Å². The maximum absolute atomic E-state index is 15.3. The summed E-state index contributed by atoms with van der Waals surface area (Å²) in [7, 11) is 6.15. The second-order valence-corrected chi connectivity index (χ2v) is 18.2. The molecule has 3 N–H and O–H groups in total. The lowest BCUT2D eigenvalue weighted by molar-refractivity contribution is -0.228. The third kappa shape index (κ3) is 5.20. The zero-order valence-electron chi connectivity index (χ0n) is 35.3. The summed E-state index contributed by atoms with van der Waals surface area (Å²) in [6, 6.07) is 11.0. The second kappa shape index (κ2) is 13.8. The van der Waals surface area contributed by atoms with Gasteiger partial charge in [-0.05, 0) is 74.2 Å².